The van der Waals surface area contributed by atoms with Gasteiger partial charge in [0.15, 0.2) is 0 Å². The van der Waals surface area contributed by atoms with Gasteiger partial charge in [-0.25, -0.2) is 0 Å². The minimum atomic E-state index is -0.197. The first-order valence-electron chi connectivity index (χ1n) is 11.3. The fraction of sp³-hybridized carbons (Fsp3) is 0.913. The molecule has 3 aliphatic rings. The molecule has 0 spiro atoms. The average Bonchev–Trinajstić information content (AvgIpc) is 2.63. The second-order valence-corrected chi connectivity index (χ2v) is 13.8. The van der Waals surface area contributed by atoms with Gasteiger partial charge < -0.3 is 0 Å². The maximum absolute atomic E-state index is 7.79. The summed E-state index contributed by atoms with van der Waals surface area (Å²) < 4.78 is -0.113. The summed E-state index contributed by atoms with van der Waals surface area (Å²) >= 11 is 14.8. The van der Waals surface area contributed by atoms with Gasteiger partial charge in [-0.15, -0.1) is 23.2 Å². The van der Waals surface area contributed by atoms with Gasteiger partial charge in [0.1, 0.15) is 0 Å². The molecule has 0 heterocycles. The van der Waals surface area contributed by atoms with Crippen molar-refractivity contribution in [2.75, 3.05) is 0 Å². The van der Waals surface area contributed by atoms with E-state index in [0.717, 1.165) is 17.7 Å². The maximum Gasteiger partial charge on any atom is 0.0869 e. The normalized spacial score (nSPS) is 33.2. The van der Waals surface area contributed by atoms with Crippen LogP contribution in [0.5, 0.6) is 0 Å². The minimum Gasteiger partial charge on any atom is -0.118 e. The van der Waals surface area contributed by atoms with Crippen molar-refractivity contribution in [2.24, 2.45) is 5.92 Å². The molecule has 0 radical (unpaired) electrons. The van der Waals surface area contributed by atoms with Gasteiger partial charge in [0, 0.05) is 19.5 Å². The molecule has 0 aromatic rings. The molecular weight excluding hydrogens is 479 g/mol. The van der Waals surface area contributed by atoms with Crippen molar-refractivity contribution in [3.8, 4) is 0 Å². The van der Waals surface area contributed by atoms with E-state index in [1.807, 2.05) is 0 Å². The van der Waals surface area contributed by atoms with Crippen molar-refractivity contribution in [3.05, 3.63) is 11.1 Å². The van der Waals surface area contributed by atoms with Crippen molar-refractivity contribution in [1.29, 1.82) is 0 Å². The third-order valence-corrected chi connectivity index (χ3v) is 12.6. The van der Waals surface area contributed by atoms with Crippen LogP contribution in [0.15, 0.2) is 11.1 Å². The number of halogens is 2. The van der Waals surface area contributed by atoms with Crippen LogP contribution in [0.1, 0.15) is 104 Å². The van der Waals surface area contributed by atoms with Crippen LogP contribution in [-0.4, -0.2) is 21.3 Å². The van der Waals surface area contributed by atoms with Gasteiger partial charge in [0.25, 0.3) is 0 Å². The molecule has 0 aliphatic heterocycles. The molecular formula is C23H39Cl2PRu. The summed E-state index contributed by atoms with van der Waals surface area (Å²) in [6.07, 6.45) is 17.8. The number of rotatable bonds is 4. The molecule has 0 aromatic carbocycles. The smallest absolute Gasteiger partial charge is 0.0869 e. The Labute approximate surface area is 192 Å². The van der Waals surface area contributed by atoms with Gasteiger partial charge in [-0.05, 0) is 74.7 Å². The molecule has 0 aromatic heterocycles. The predicted octanol–water partition coefficient (Wildman–Crippen LogP) is 8.83. The number of allylic oxidation sites excluding steroid dienone is 2. The first-order valence-corrected chi connectivity index (χ1v) is 13.6. The van der Waals surface area contributed by atoms with Crippen molar-refractivity contribution in [2.45, 2.75) is 126 Å². The molecule has 27 heavy (non-hydrogen) atoms. The molecule has 2 atom stereocenters. The molecule has 0 bridgehead atoms. The second kappa shape index (κ2) is 11.1. The van der Waals surface area contributed by atoms with E-state index in [0.29, 0.717) is 5.92 Å². The first kappa shape index (κ1) is 24.6. The minimum absolute atomic E-state index is 0. The standard InChI is InChI=1S/C23H39Cl2P.Ru/c1-17(2)18(3)22-21(24)15-10-16-23(22,25)26(19-11-6-4-7-12-19)20-13-8-5-9-14-20;/h17,19-21H,4-16H2,1-3H3;. The molecule has 158 valence electrons. The van der Waals surface area contributed by atoms with Crippen LogP contribution < -0.4 is 0 Å². The Morgan fingerprint density at radius 3 is 1.81 bits per heavy atom. The van der Waals surface area contributed by atoms with Gasteiger partial charge >= 0.3 is 0 Å². The van der Waals surface area contributed by atoms with Crippen LogP contribution >= 0.6 is 31.1 Å². The average molecular weight is 519 g/mol. The Morgan fingerprint density at radius 1 is 0.889 bits per heavy atom. The zero-order chi connectivity index (χ0) is 18.7. The maximum atomic E-state index is 7.79. The molecule has 0 nitrogen and oxygen atoms in total. The fourth-order valence-electron chi connectivity index (χ4n) is 5.76. The molecule has 3 saturated carbocycles. The van der Waals surface area contributed by atoms with Gasteiger partial charge in [0.05, 0.1) is 9.99 Å². The van der Waals surface area contributed by atoms with E-state index in [1.165, 1.54) is 88.2 Å². The first-order chi connectivity index (χ1) is 12.4. The molecule has 3 fully saturated rings. The third kappa shape index (κ3) is 5.55. The fourth-order valence-corrected chi connectivity index (χ4v) is 12.3. The summed E-state index contributed by atoms with van der Waals surface area (Å²) in [5.74, 6) is 0.553. The monoisotopic (exact) mass is 518 g/mol. The third-order valence-electron chi connectivity index (χ3n) is 7.33. The van der Waals surface area contributed by atoms with Crippen LogP contribution in [0.2, 0.25) is 0 Å². The van der Waals surface area contributed by atoms with Crippen LogP contribution in [0.25, 0.3) is 0 Å². The Bertz CT molecular complexity index is 477. The van der Waals surface area contributed by atoms with E-state index >= 15 is 0 Å². The van der Waals surface area contributed by atoms with Crippen LogP contribution in [0, 0.1) is 5.92 Å². The zero-order valence-electron chi connectivity index (χ0n) is 17.6. The molecule has 2 unspecified atom stereocenters. The van der Waals surface area contributed by atoms with Gasteiger partial charge in [0.2, 0.25) is 0 Å². The topological polar surface area (TPSA) is 0 Å². The largest absolute Gasteiger partial charge is 0.118 e. The Hall–Kier alpha value is 1.37. The number of hydrogen-bond acceptors (Lipinski definition) is 0. The Kier molecular flexibility index (Phi) is 10.2. The Balaban J connectivity index is 0.00000261. The van der Waals surface area contributed by atoms with Crippen molar-refractivity contribution >= 4 is 31.1 Å². The van der Waals surface area contributed by atoms with Gasteiger partial charge in [-0.3, -0.25) is 0 Å². The molecule has 0 amide bonds. The zero-order valence-corrected chi connectivity index (χ0v) is 21.7. The van der Waals surface area contributed by atoms with E-state index in [1.54, 1.807) is 0 Å². The van der Waals surface area contributed by atoms with Crippen molar-refractivity contribution in [1.82, 2.24) is 0 Å². The second-order valence-electron chi connectivity index (χ2n) is 9.36. The van der Waals surface area contributed by atoms with E-state index in [-0.39, 0.29) is 37.4 Å². The van der Waals surface area contributed by atoms with Gasteiger partial charge in [-0.1, -0.05) is 65.9 Å². The number of alkyl halides is 2. The summed E-state index contributed by atoms with van der Waals surface area (Å²) in [6.45, 7) is 6.97. The molecule has 0 saturated heterocycles. The van der Waals surface area contributed by atoms with E-state index < -0.39 is 0 Å². The summed E-state index contributed by atoms with van der Waals surface area (Å²) in [5.41, 5.74) is 4.75. The van der Waals surface area contributed by atoms with Crippen LogP contribution in [0.3, 0.4) is 0 Å². The summed E-state index contributed by atoms with van der Waals surface area (Å²) in [4.78, 5) is 0. The molecule has 3 rings (SSSR count). The van der Waals surface area contributed by atoms with E-state index in [2.05, 4.69) is 20.8 Å². The molecule has 4 heteroatoms. The quantitative estimate of drug-likeness (QED) is 0.151. The van der Waals surface area contributed by atoms with Crippen molar-refractivity contribution < 1.29 is 19.5 Å². The Morgan fingerprint density at radius 2 is 1.37 bits per heavy atom. The number of hydrogen-bond donors (Lipinski definition) is 0. The van der Waals surface area contributed by atoms with E-state index in [9.17, 15) is 0 Å². The summed E-state index contributed by atoms with van der Waals surface area (Å²) in [7, 11) is -0.197. The van der Waals surface area contributed by atoms with Crippen LogP contribution in [0.4, 0.5) is 0 Å². The molecule has 0 N–H and O–H groups in total. The predicted molar refractivity (Wildman–Crippen MR) is 120 cm³/mol. The summed E-state index contributed by atoms with van der Waals surface area (Å²) in [5, 5.41) is 0.167. The van der Waals surface area contributed by atoms with Crippen LogP contribution in [-0.2, 0) is 19.5 Å². The summed E-state index contributed by atoms with van der Waals surface area (Å²) in [6, 6.07) is 0. The van der Waals surface area contributed by atoms with Gasteiger partial charge in [-0.2, -0.15) is 0 Å². The SMILES string of the molecule is CC(=C1C(Cl)CCCC1(Cl)P(C1CCCCC1)C1CCCCC1)C(C)C.[Ru]. The van der Waals surface area contributed by atoms with E-state index in [4.69, 9.17) is 23.2 Å². The van der Waals surface area contributed by atoms with Crippen molar-refractivity contribution in [3.63, 3.8) is 0 Å². The molecule has 3 aliphatic carbocycles.